The van der Waals surface area contributed by atoms with Gasteiger partial charge in [0.15, 0.2) is 0 Å². The lowest BCUT2D eigenvalue weighted by Gasteiger charge is -2.00. The summed E-state index contributed by atoms with van der Waals surface area (Å²) in [5, 5.41) is 10.5. The van der Waals surface area contributed by atoms with Crippen LogP contribution in [-0.2, 0) is 6.42 Å². The van der Waals surface area contributed by atoms with Crippen molar-refractivity contribution < 1.29 is 4.92 Å². The van der Waals surface area contributed by atoms with E-state index in [0.717, 1.165) is 0 Å². The van der Waals surface area contributed by atoms with Crippen molar-refractivity contribution >= 4 is 21.6 Å². The van der Waals surface area contributed by atoms with Crippen LogP contribution in [-0.4, -0.2) is 9.91 Å². The first kappa shape index (κ1) is 9.91. The number of hydrogen-bond acceptors (Lipinski definition) is 3. The van der Waals surface area contributed by atoms with Crippen molar-refractivity contribution in [2.75, 3.05) is 0 Å². The van der Waals surface area contributed by atoms with Crippen molar-refractivity contribution in [2.24, 2.45) is 0 Å². The number of nitrogens with zero attached hydrogens (tertiary/aromatic N) is 1. The monoisotopic (exact) mass is 246 g/mol. The molecule has 1 heterocycles. The summed E-state index contributed by atoms with van der Waals surface area (Å²) in [4.78, 5) is 23.2. The second-order valence-corrected chi connectivity index (χ2v) is 3.26. The van der Waals surface area contributed by atoms with Gasteiger partial charge in [-0.25, -0.2) is 0 Å². The van der Waals surface area contributed by atoms with Gasteiger partial charge in [0.25, 0.3) is 0 Å². The van der Waals surface area contributed by atoms with E-state index >= 15 is 0 Å². The first-order valence-electron chi connectivity index (χ1n) is 3.62. The fourth-order valence-electron chi connectivity index (χ4n) is 1.06. The molecule has 0 radical (unpaired) electrons. The molecule has 0 amide bonds. The van der Waals surface area contributed by atoms with Gasteiger partial charge in [0, 0.05) is 10.7 Å². The molecule has 0 saturated carbocycles. The van der Waals surface area contributed by atoms with E-state index in [-0.39, 0.29) is 5.69 Å². The van der Waals surface area contributed by atoms with E-state index in [1.54, 1.807) is 6.92 Å². The summed E-state index contributed by atoms with van der Waals surface area (Å²) in [6.45, 7) is 1.76. The standard InChI is InChI=1S/C7H7BrN2O3/c1-2-4-5(8)3-9-7(11)6(4)10(12)13/h3H,2H2,1H3,(H,9,11). The molecule has 0 unspecified atom stereocenters. The first-order chi connectivity index (χ1) is 6.07. The van der Waals surface area contributed by atoms with Gasteiger partial charge in [0.05, 0.1) is 10.5 Å². The predicted molar refractivity (Wildman–Crippen MR) is 50.8 cm³/mol. The summed E-state index contributed by atoms with van der Waals surface area (Å²) in [6.07, 6.45) is 1.86. The average Bonchev–Trinajstić information content (AvgIpc) is 2.07. The van der Waals surface area contributed by atoms with Gasteiger partial charge in [-0.2, -0.15) is 0 Å². The topological polar surface area (TPSA) is 76.0 Å². The number of H-pyrrole nitrogens is 1. The van der Waals surface area contributed by atoms with Crippen LogP contribution in [0.1, 0.15) is 12.5 Å². The van der Waals surface area contributed by atoms with Crippen LogP contribution in [0.3, 0.4) is 0 Å². The van der Waals surface area contributed by atoms with Gasteiger partial charge >= 0.3 is 11.2 Å². The first-order valence-corrected chi connectivity index (χ1v) is 4.41. The van der Waals surface area contributed by atoms with Crippen molar-refractivity contribution in [3.8, 4) is 0 Å². The minimum Gasteiger partial charge on any atom is -0.322 e. The summed E-state index contributed by atoms with van der Waals surface area (Å²) in [7, 11) is 0. The Kier molecular flexibility index (Phi) is 2.82. The smallest absolute Gasteiger partial charge is 0.322 e. The largest absolute Gasteiger partial charge is 0.338 e. The molecule has 1 aromatic heterocycles. The number of hydrogen-bond donors (Lipinski definition) is 1. The minimum atomic E-state index is -0.664. The molecule has 70 valence electrons. The van der Waals surface area contributed by atoms with E-state index in [2.05, 4.69) is 20.9 Å². The number of rotatable bonds is 2. The van der Waals surface area contributed by atoms with Crippen LogP contribution in [0.25, 0.3) is 0 Å². The molecule has 0 spiro atoms. The second-order valence-electron chi connectivity index (χ2n) is 2.40. The van der Waals surface area contributed by atoms with Gasteiger partial charge in [0.2, 0.25) is 0 Å². The third-order valence-corrected chi connectivity index (χ3v) is 2.36. The molecule has 1 N–H and O–H groups in total. The molecule has 0 aliphatic carbocycles. The number of pyridine rings is 1. The molecule has 0 aromatic carbocycles. The van der Waals surface area contributed by atoms with Gasteiger partial charge in [-0.15, -0.1) is 0 Å². The summed E-state index contributed by atoms with van der Waals surface area (Å²) in [5.74, 6) is 0. The maximum atomic E-state index is 11.1. The van der Waals surface area contributed by atoms with Gasteiger partial charge in [0.1, 0.15) is 0 Å². The van der Waals surface area contributed by atoms with Gasteiger partial charge < -0.3 is 4.98 Å². The zero-order chi connectivity index (χ0) is 10.0. The minimum absolute atomic E-state index is 0.378. The Bertz CT molecular complexity index is 399. The van der Waals surface area contributed by atoms with Crippen LogP contribution in [0, 0.1) is 10.1 Å². The lowest BCUT2D eigenvalue weighted by atomic mass is 10.2. The highest BCUT2D eigenvalue weighted by Crippen LogP contribution is 2.22. The molecule has 0 atom stereocenters. The molecule has 6 heteroatoms. The maximum absolute atomic E-state index is 11.1. The van der Waals surface area contributed by atoms with E-state index in [0.29, 0.717) is 16.5 Å². The third kappa shape index (κ3) is 1.77. The SMILES string of the molecule is CCc1c(Br)c[nH]c(=O)c1[N+](=O)[O-]. The summed E-state index contributed by atoms with van der Waals surface area (Å²) in [6, 6.07) is 0. The summed E-state index contributed by atoms with van der Waals surface area (Å²) >= 11 is 3.14. The highest BCUT2D eigenvalue weighted by molar-refractivity contribution is 9.10. The molecule has 5 nitrogen and oxygen atoms in total. The zero-order valence-electron chi connectivity index (χ0n) is 6.83. The molecule has 0 fully saturated rings. The molecular weight excluding hydrogens is 240 g/mol. The number of halogens is 1. The number of nitrogens with one attached hydrogen (secondary N) is 1. The Balaban J connectivity index is 3.53. The Hall–Kier alpha value is -1.17. The van der Waals surface area contributed by atoms with E-state index in [4.69, 9.17) is 0 Å². The Morgan fingerprint density at radius 2 is 2.31 bits per heavy atom. The van der Waals surface area contributed by atoms with Gasteiger partial charge in [-0.1, -0.05) is 6.92 Å². The zero-order valence-corrected chi connectivity index (χ0v) is 8.42. The third-order valence-electron chi connectivity index (χ3n) is 1.66. The molecule has 13 heavy (non-hydrogen) atoms. The van der Waals surface area contributed by atoms with Crippen molar-refractivity contribution in [2.45, 2.75) is 13.3 Å². The molecule has 0 saturated heterocycles. The molecule has 1 rings (SSSR count). The van der Waals surface area contributed by atoms with E-state index in [1.807, 2.05) is 0 Å². The quantitative estimate of drug-likeness (QED) is 0.637. The number of aromatic nitrogens is 1. The van der Waals surface area contributed by atoms with E-state index in [9.17, 15) is 14.9 Å². The molecule has 1 aromatic rings. The van der Waals surface area contributed by atoms with Crippen LogP contribution in [0.5, 0.6) is 0 Å². The normalized spacial score (nSPS) is 10.0. The molecule has 0 aliphatic rings. The Morgan fingerprint density at radius 3 is 2.69 bits per heavy atom. The molecular formula is C7H7BrN2O3. The predicted octanol–water partition coefficient (Wildman–Crippen LogP) is 1.61. The molecule has 0 aliphatic heterocycles. The van der Waals surface area contributed by atoms with Crippen LogP contribution >= 0.6 is 15.9 Å². The number of aromatic amines is 1. The van der Waals surface area contributed by atoms with Crippen LogP contribution in [0.4, 0.5) is 5.69 Å². The maximum Gasteiger partial charge on any atom is 0.338 e. The van der Waals surface area contributed by atoms with E-state index < -0.39 is 10.5 Å². The summed E-state index contributed by atoms with van der Waals surface area (Å²) in [5.41, 5.74) is -0.615. The second kappa shape index (κ2) is 3.69. The van der Waals surface area contributed by atoms with Gasteiger partial charge in [-0.05, 0) is 22.4 Å². The average molecular weight is 247 g/mol. The van der Waals surface area contributed by atoms with Crippen molar-refractivity contribution in [1.82, 2.24) is 4.98 Å². The highest BCUT2D eigenvalue weighted by Gasteiger charge is 2.19. The fraction of sp³-hybridized carbons (Fsp3) is 0.286. The van der Waals surface area contributed by atoms with Crippen molar-refractivity contribution in [1.29, 1.82) is 0 Å². The van der Waals surface area contributed by atoms with Crippen molar-refractivity contribution in [3.63, 3.8) is 0 Å². The highest BCUT2D eigenvalue weighted by atomic mass is 79.9. The Labute approximate surface area is 82.1 Å². The Morgan fingerprint density at radius 1 is 1.69 bits per heavy atom. The molecule has 0 bridgehead atoms. The van der Waals surface area contributed by atoms with E-state index in [1.165, 1.54) is 6.20 Å². The summed E-state index contributed by atoms with van der Waals surface area (Å²) < 4.78 is 0.557. The van der Waals surface area contributed by atoms with Crippen LogP contribution < -0.4 is 5.56 Å². The fourth-order valence-corrected chi connectivity index (χ4v) is 1.65. The van der Waals surface area contributed by atoms with Crippen LogP contribution in [0.15, 0.2) is 15.5 Å². The van der Waals surface area contributed by atoms with Crippen LogP contribution in [0.2, 0.25) is 0 Å². The van der Waals surface area contributed by atoms with Gasteiger partial charge in [-0.3, -0.25) is 14.9 Å². The lowest BCUT2D eigenvalue weighted by Crippen LogP contribution is -2.14. The van der Waals surface area contributed by atoms with Crippen molar-refractivity contribution in [3.05, 3.63) is 36.7 Å². The lowest BCUT2D eigenvalue weighted by molar-refractivity contribution is -0.387. The number of nitro groups is 1.